The van der Waals surface area contributed by atoms with E-state index in [1.807, 2.05) is 19.0 Å². The first-order valence-electron chi connectivity index (χ1n) is 8.30. The summed E-state index contributed by atoms with van der Waals surface area (Å²) < 4.78 is 8.10. The van der Waals surface area contributed by atoms with Crippen LogP contribution in [-0.2, 0) is 18.3 Å². The third-order valence-electron chi connectivity index (χ3n) is 3.79. The molecular weight excluding hydrogens is 340 g/mol. The molecule has 0 bridgehead atoms. The van der Waals surface area contributed by atoms with Crippen LogP contribution in [0.2, 0.25) is 0 Å². The lowest BCUT2D eigenvalue weighted by Gasteiger charge is -2.16. The maximum absolute atomic E-state index is 12.3. The predicted octanol–water partition coefficient (Wildman–Crippen LogP) is -1.04. The molecule has 0 spiro atoms. The molecule has 0 aliphatic heterocycles. The number of aliphatic hydroxyl groups is 1. The molecule has 2 heterocycles. The van der Waals surface area contributed by atoms with Crippen molar-refractivity contribution in [3.05, 3.63) is 33.5 Å². The number of hydrogen-bond acceptors (Lipinski definition) is 7. The van der Waals surface area contributed by atoms with Crippen LogP contribution in [-0.4, -0.2) is 75.6 Å². The van der Waals surface area contributed by atoms with E-state index in [-0.39, 0.29) is 24.3 Å². The molecule has 10 heteroatoms. The van der Waals surface area contributed by atoms with Crippen molar-refractivity contribution in [3.63, 3.8) is 0 Å². The van der Waals surface area contributed by atoms with Gasteiger partial charge in [0.25, 0.3) is 5.56 Å². The number of H-pyrrole nitrogens is 1. The molecule has 0 unspecified atom stereocenters. The molecule has 3 N–H and O–H groups in total. The van der Waals surface area contributed by atoms with Crippen molar-refractivity contribution in [2.75, 3.05) is 45.7 Å². The number of fused-ring (bicyclic) bond motifs is 1. The Bertz CT molecular complexity index is 866. The largest absolute Gasteiger partial charge is 0.389 e. The number of nitrogens with zero attached hydrogens (tertiary/aromatic N) is 4. The topological polar surface area (TPSA) is 117 Å². The predicted molar refractivity (Wildman–Crippen MR) is 99.7 cm³/mol. The van der Waals surface area contributed by atoms with E-state index in [2.05, 4.69) is 21.9 Å². The zero-order chi connectivity index (χ0) is 19.3. The Morgan fingerprint density at radius 1 is 1.46 bits per heavy atom. The van der Waals surface area contributed by atoms with Crippen molar-refractivity contribution in [1.82, 2.24) is 24.0 Å². The van der Waals surface area contributed by atoms with Crippen LogP contribution >= 0.6 is 0 Å². The average molecular weight is 366 g/mol. The Morgan fingerprint density at radius 3 is 2.85 bits per heavy atom. The lowest BCUT2D eigenvalue weighted by atomic mass is 10.3. The number of aromatic amines is 1. The van der Waals surface area contributed by atoms with E-state index in [0.717, 1.165) is 6.54 Å². The quantitative estimate of drug-likeness (QED) is 0.363. The SMILES string of the molecule is C=CCOC[C@H](O)Cn1c(NCCN(C)C)nc2c1c(=O)[nH]c(=O)n2C. The molecule has 0 fully saturated rings. The van der Waals surface area contributed by atoms with Crippen LogP contribution in [0.1, 0.15) is 0 Å². The summed E-state index contributed by atoms with van der Waals surface area (Å²) in [5, 5.41) is 13.4. The average Bonchev–Trinajstić information content (AvgIpc) is 2.92. The Morgan fingerprint density at radius 2 is 2.19 bits per heavy atom. The van der Waals surface area contributed by atoms with Gasteiger partial charge in [0.2, 0.25) is 5.95 Å². The fourth-order valence-electron chi connectivity index (χ4n) is 2.49. The van der Waals surface area contributed by atoms with Crippen molar-refractivity contribution in [3.8, 4) is 0 Å². The summed E-state index contributed by atoms with van der Waals surface area (Å²) in [6.45, 7) is 5.40. The number of imidazole rings is 1. The van der Waals surface area contributed by atoms with E-state index in [1.165, 1.54) is 11.6 Å². The number of rotatable bonds is 10. The number of likely N-dealkylation sites (N-methyl/N-ethyl adjacent to an activating group) is 1. The number of aryl methyl sites for hydroxylation is 1. The first-order chi connectivity index (χ1) is 12.3. The van der Waals surface area contributed by atoms with Crippen LogP contribution in [0.25, 0.3) is 11.2 Å². The molecule has 26 heavy (non-hydrogen) atoms. The van der Waals surface area contributed by atoms with Gasteiger partial charge >= 0.3 is 5.69 Å². The molecular formula is C16H26N6O4. The van der Waals surface area contributed by atoms with Gasteiger partial charge in [0.05, 0.1) is 25.9 Å². The maximum Gasteiger partial charge on any atom is 0.329 e. The Kier molecular flexibility index (Phi) is 6.72. The summed E-state index contributed by atoms with van der Waals surface area (Å²) in [7, 11) is 5.42. The third-order valence-corrected chi connectivity index (χ3v) is 3.79. The highest BCUT2D eigenvalue weighted by atomic mass is 16.5. The molecule has 10 nitrogen and oxygen atoms in total. The monoisotopic (exact) mass is 366 g/mol. The molecule has 2 aromatic heterocycles. The lowest BCUT2D eigenvalue weighted by Crippen LogP contribution is -2.30. The van der Waals surface area contributed by atoms with Gasteiger partial charge in [-0.05, 0) is 14.1 Å². The summed E-state index contributed by atoms with van der Waals surface area (Å²) in [6.07, 6.45) is 0.743. The fraction of sp³-hybridized carbons (Fsp3) is 0.562. The van der Waals surface area contributed by atoms with Gasteiger partial charge in [-0.1, -0.05) is 6.08 Å². The molecule has 0 aromatic carbocycles. The molecule has 0 aliphatic carbocycles. The van der Waals surface area contributed by atoms with E-state index >= 15 is 0 Å². The first-order valence-corrected chi connectivity index (χ1v) is 8.30. The zero-order valence-electron chi connectivity index (χ0n) is 15.4. The standard InChI is InChI=1S/C16H26N6O4/c1-5-8-26-10-11(23)9-22-12-13(21(4)16(25)19-14(12)24)18-15(22)17-6-7-20(2)3/h5,11,23H,1,6-10H2,2-4H3,(H,17,18)(H,19,24,25)/t11-/m1/s1. The van der Waals surface area contributed by atoms with Crippen molar-refractivity contribution < 1.29 is 9.84 Å². The van der Waals surface area contributed by atoms with E-state index < -0.39 is 17.4 Å². The Labute approximate surface area is 150 Å². The van der Waals surface area contributed by atoms with Gasteiger partial charge in [-0.25, -0.2) is 4.79 Å². The summed E-state index contributed by atoms with van der Waals surface area (Å²) in [6, 6.07) is 0. The molecule has 0 saturated heterocycles. The van der Waals surface area contributed by atoms with E-state index in [1.54, 1.807) is 10.6 Å². The van der Waals surface area contributed by atoms with Gasteiger partial charge in [0.1, 0.15) is 0 Å². The second-order valence-electron chi connectivity index (χ2n) is 6.25. The maximum atomic E-state index is 12.3. The van der Waals surface area contributed by atoms with Gasteiger partial charge in [-0.15, -0.1) is 6.58 Å². The molecule has 2 aromatic rings. The number of aliphatic hydroxyl groups excluding tert-OH is 1. The van der Waals surface area contributed by atoms with E-state index in [4.69, 9.17) is 4.74 Å². The van der Waals surface area contributed by atoms with Crippen LogP contribution in [0, 0.1) is 0 Å². The normalized spacial score (nSPS) is 12.7. The first kappa shape index (κ1) is 19.9. The van der Waals surface area contributed by atoms with Crippen LogP contribution < -0.4 is 16.6 Å². The molecule has 0 radical (unpaired) electrons. The fourth-order valence-corrected chi connectivity index (χ4v) is 2.49. The van der Waals surface area contributed by atoms with Crippen LogP contribution in [0.4, 0.5) is 5.95 Å². The summed E-state index contributed by atoms with van der Waals surface area (Å²) >= 11 is 0. The van der Waals surface area contributed by atoms with Gasteiger partial charge in [-0.2, -0.15) is 4.98 Å². The summed E-state index contributed by atoms with van der Waals surface area (Å²) in [5.74, 6) is 0.413. The Hall–Kier alpha value is -2.43. The van der Waals surface area contributed by atoms with Crippen LogP contribution in [0.5, 0.6) is 0 Å². The highest BCUT2D eigenvalue weighted by molar-refractivity contribution is 5.74. The highest BCUT2D eigenvalue weighted by Gasteiger charge is 2.19. The number of anilines is 1. The number of ether oxygens (including phenoxy) is 1. The molecule has 144 valence electrons. The highest BCUT2D eigenvalue weighted by Crippen LogP contribution is 2.16. The molecule has 0 amide bonds. The second-order valence-corrected chi connectivity index (χ2v) is 6.25. The third kappa shape index (κ3) is 4.59. The van der Waals surface area contributed by atoms with Crippen molar-refractivity contribution in [2.24, 2.45) is 7.05 Å². The summed E-state index contributed by atoms with van der Waals surface area (Å²) in [5.41, 5.74) is -0.607. The van der Waals surface area contributed by atoms with Crippen LogP contribution in [0.15, 0.2) is 22.2 Å². The van der Waals surface area contributed by atoms with Gasteiger partial charge in [0.15, 0.2) is 11.2 Å². The zero-order valence-corrected chi connectivity index (χ0v) is 15.4. The van der Waals surface area contributed by atoms with Crippen LogP contribution in [0.3, 0.4) is 0 Å². The molecule has 1 atom stereocenters. The van der Waals surface area contributed by atoms with Gasteiger partial charge in [0, 0.05) is 20.1 Å². The lowest BCUT2D eigenvalue weighted by molar-refractivity contribution is 0.0405. The van der Waals surface area contributed by atoms with Gasteiger partial charge in [-0.3, -0.25) is 14.3 Å². The number of nitrogens with one attached hydrogen (secondary N) is 2. The minimum absolute atomic E-state index is 0.0898. The molecule has 2 rings (SSSR count). The minimum atomic E-state index is -0.849. The number of aromatic nitrogens is 4. The smallest absolute Gasteiger partial charge is 0.329 e. The Balaban J connectivity index is 2.39. The molecule has 0 aliphatic rings. The van der Waals surface area contributed by atoms with Gasteiger partial charge < -0.3 is 24.6 Å². The second kappa shape index (κ2) is 8.79. The van der Waals surface area contributed by atoms with E-state index in [0.29, 0.717) is 19.1 Å². The molecule has 0 saturated carbocycles. The van der Waals surface area contributed by atoms with Crippen molar-refractivity contribution >= 4 is 17.1 Å². The minimum Gasteiger partial charge on any atom is -0.389 e. The van der Waals surface area contributed by atoms with E-state index in [9.17, 15) is 14.7 Å². The summed E-state index contributed by atoms with van der Waals surface area (Å²) in [4.78, 5) is 32.8. The van der Waals surface area contributed by atoms with Crippen molar-refractivity contribution in [1.29, 1.82) is 0 Å². The number of hydrogen-bond donors (Lipinski definition) is 3. The van der Waals surface area contributed by atoms with Crippen molar-refractivity contribution in [2.45, 2.75) is 12.6 Å².